The molecule has 0 aliphatic heterocycles. The molecule has 1 aromatic heterocycles. The van der Waals surface area contributed by atoms with Gasteiger partial charge in [-0.25, -0.2) is 4.79 Å². The van der Waals surface area contributed by atoms with Gasteiger partial charge in [0.1, 0.15) is 5.15 Å². The Morgan fingerprint density at radius 1 is 1.33 bits per heavy atom. The molecule has 0 aliphatic carbocycles. The van der Waals surface area contributed by atoms with Crippen molar-refractivity contribution in [3.63, 3.8) is 0 Å². The topological polar surface area (TPSA) is 78.7 Å². The van der Waals surface area contributed by atoms with Crippen LogP contribution in [0.1, 0.15) is 11.1 Å². The molecule has 6 heteroatoms. The first-order valence-corrected chi connectivity index (χ1v) is 5.47. The third-order valence-corrected chi connectivity index (χ3v) is 2.76. The van der Waals surface area contributed by atoms with E-state index in [0.29, 0.717) is 11.1 Å². The van der Waals surface area contributed by atoms with Crippen LogP contribution in [0.4, 0.5) is 0 Å². The van der Waals surface area contributed by atoms with E-state index in [1.807, 2.05) is 6.07 Å². The summed E-state index contributed by atoms with van der Waals surface area (Å²) in [5.74, 6) is 0. The van der Waals surface area contributed by atoms with Crippen LogP contribution in [0, 0.1) is 11.3 Å². The molecular formula is C12H8ClN3O2. The molecule has 0 radical (unpaired) electrons. The molecule has 18 heavy (non-hydrogen) atoms. The first-order valence-electron chi connectivity index (χ1n) is 5.09. The highest BCUT2D eigenvalue weighted by Gasteiger charge is 2.07. The van der Waals surface area contributed by atoms with E-state index in [0.717, 1.165) is 6.07 Å². The number of nitrogens with one attached hydrogen (secondary N) is 1. The summed E-state index contributed by atoms with van der Waals surface area (Å²) in [5, 5.41) is 8.99. The van der Waals surface area contributed by atoms with Crippen LogP contribution in [0.25, 0.3) is 0 Å². The Morgan fingerprint density at radius 3 is 2.72 bits per heavy atom. The Bertz CT molecular complexity index is 740. The molecule has 0 spiro atoms. The van der Waals surface area contributed by atoms with Gasteiger partial charge >= 0.3 is 5.69 Å². The number of hydrogen-bond donors (Lipinski definition) is 1. The predicted molar refractivity (Wildman–Crippen MR) is 66.6 cm³/mol. The fourth-order valence-electron chi connectivity index (χ4n) is 1.58. The van der Waals surface area contributed by atoms with Gasteiger partial charge in [0.05, 0.1) is 18.2 Å². The molecule has 5 nitrogen and oxygen atoms in total. The summed E-state index contributed by atoms with van der Waals surface area (Å²) in [7, 11) is 0. The van der Waals surface area contributed by atoms with Crippen LogP contribution < -0.4 is 11.2 Å². The second-order valence-corrected chi connectivity index (χ2v) is 4.00. The van der Waals surface area contributed by atoms with Gasteiger partial charge in [-0.15, -0.1) is 0 Å². The summed E-state index contributed by atoms with van der Waals surface area (Å²) >= 11 is 5.84. The number of H-pyrrole nitrogens is 1. The quantitative estimate of drug-likeness (QED) is 0.823. The largest absolute Gasteiger partial charge is 0.329 e. The van der Waals surface area contributed by atoms with E-state index in [4.69, 9.17) is 16.9 Å². The number of aromatic amines is 1. The molecule has 0 aliphatic rings. The van der Waals surface area contributed by atoms with Gasteiger partial charge in [0.25, 0.3) is 5.56 Å². The maximum absolute atomic E-state index is 11.6. The minimum absolute atomic E-state index is 0.0384. The molecule has 0 fully saturated rings. The van der Waals surface area contributed by atoms with Crippen molar-refractivity contribution in [2.75, 3.05) is 0 Å². The van der Waals surface area contributed by atoms with E-state index in [2.05, 4.69) is 4.98 Å². The fourth-order valence-corrected chi connectivity index (χ4v) is 1.81. The number of rotatable bonds is 2. The highest BCUT2D eigenvalue weighted by atomic mass is 35.5. The number of nitriles is 1. The van der Waals surface area contributed by atoms with Crippen LogP contribution in [0.3, 0.4) is 0 Å². The van der Waals surface area contributed by atoms with Gasteiger partial charge in [-0.05, 0) is 11.6 Å². The van der Waals surface area contributed by atoms with Gasteiger partial charge in [0.15, 0.2) is 0 Å². The first-order chi connectivity index (χ1) is 8.61. The third kappa shape index (κ3) is 2.34. The summed E-state index contributed by atoms with van der Waals surface area (Å²) in [4.78, 5) is 24.8. The number of aromatic nitrogens is 2. The Kier molecular flexibility index (Phi) is 3.31. The van der Waals surface area contributed by atoms with Gasteiger partial charge < -0.3 is 0 Å². The molecule has 1 heterocycles. The molecule has 0 atom stereocenters. The van der Waals surface area contributed by atoms with E-state index in [9.17, 15) is 9.59 Å². The number of halogens is 1. The molecule has 2 aromatic rings. The second kappa shape index (κ2) is 4.90. The maximum Gasteiger partial charge on any atom is 0.329 e. The monoisotopic (exact) mass is 261 g/mol. The summed E-state index contributed by atoms with van der Waals surface area (Å²) in [6.45, 7) is 0.137. The lowest BCUT2D eigenvalue weighted by Gasteiger charge is -2.08. The highest BCUT2D eigenvalue weighted by molar-refractivity contribution is 6.29. The lowest BCUT2D eigenvalue weighted by molar-refractivity contribution is 0.720. The lowest BCUT2D eigenvalue weighted by atomic mass is 10.1. The molecule has 0 unspecified atom stereocenters. The fraction of sp³-hybridized carbons (Fsp3) is 0.0833. The van der Waals surface area contributed by atoms with Gasteiger partial charge in [-0.3, -0.25) is 14.3 Å². The maximum atomic E-state index is 11.6. The molecule has 90 valence electrons. The van der Waals surface area contributed by atoms with Gasteiger partial charge in [0, 0.05) is 6.07 Å². The smallest absolute Gasteiger partial charge is 0.279 e. The summed E-state index contributed by atoms with van der Waals surface area (Å²) in [6.07, 6.45) is 0. The van der Waals surface area contributed by atoms with Crippen molar-refractivity contribution in [1.29, 1.82) is 5.26 Å². The Hall–Kier alpha value is -2.32. The molecule has 1 aromatic carbocycles. The van der Waals surface area contributed by atoms with Crippen LogP contribution in [-0.4, -0.2) is 9.55 Å². The van der Waals surface area contributed by atoms with E-state index >= 15 is 0 Å². The van der Waals surface area contributed by atoms with Crippen molar-refractivity contribution in [2.24, 2.45) is 0 Å². The summed E-state index contributed by atoms with van der Waals surface area (Å²) in [5.41, 5.74) is -0.0159. The Morgan fingerprint density at radius 2 is 2.06 bits per heavy atom. The standard InChI is InChI=1S/C12H8ClN3O2/c13-10-5-11(17)15-12(18)16(10)7-9-4-2-1-3-8(9)6-14/h1-5H,7H2,(H,15,17,18). The van der Waals surface area contributed by atoms with Crippen molar-refractivity contribution in [1.82, 2.24) is 9.55 Å². The minimum atomic E-state index is -0.597. The van der Waals surface area contributed by atoms with Gasteiger partial charge in [-0.2, -0.15) is 5.26 Å². The van der Waals surface area contributed by atoms with Crippen LogP contribution >= 0.6 is 11.6 Å². The average molecular weight is 262 g/mol. The SMILES string of the molecule is N#Cc1ccccc1Cn1c(Cl)cc(=O)[nH]c1=O. The van der Waals surface area contributed by atoms with E-state index < -0.39 is 11.2 Å². The lowest BCUT2D eigenvalue weighted by Crippen LogP contribution is -2.30. The van der Waals surface area contributed by atoms with Crippen molar-refractivity contribution in [2.45, 2.75) is 6.54 Å². The van der Waals surface area contributed by atoms with Crippen molar-refractivity contribution >= 4 is 11.6 Å². The zero-order valence-electron chi connectivity index (χ0n) is 9.18. The summed E-state index contributed by atoms with van der Waals surface area (Å²) in [6, 6.07) is 10.0. The summed E-state index contributed by atoms with van der Waals surface area (Å²) < 4.78 is 1.19. The predicted octanol–water partition coefficient (Wildman–Crippen LogP) is 1.11. The molecule has 0 bridgehead atoms. The zero-order chi connectivity index (χ0) is 13.1. The van der Waals surface area contributed by atoms with Crippen molar-refractivity contribution < 1.29 is 0 Å². The van der Waals surface area contributed by atoms with Crippen LogP contribution in [0.15, 0.2) is 39.9 Å². The van der Waals surface area contributed by atoms with E-state index in [1.54, 1.807) is 24.3 Å². The Balaban J connectivity index is 2.51. The zero-order valence-corrected chi connectivity index (χ0v) is 9.94. The molecule has 1 N–H and O–H groups in total. The van der Waals surface area contributed by atoms with Crippen molar-refractivity contribution in [3.8, 4) is 6.07 Å². The van der Waals surface area contributed by atoms with Crippen LogP contribution in [0.5, 0.6) is 0 Å². The van der Waals surface area contributed by atoms with Gasteiger partial charge in [-0.1, -0.05) is 29.8 Å². The highest BCUT2D eigenvalue weighted by Crippen LogP contribution is 2.11. The number of hydrogen-bond acceptors (Lipinski definition) is 3. The molecule has 2 rings (SSSR count). The van der Waals surface area contributed by atoms with Crippen LogP contribution in [0.2, 0.25) is 5.15 Å². The van der Waals surface area contributed by atoms with Crippen molar-refractivity contribution in [3.05, 3.63) is 67.4 Å². The molecule has 0 amide bonds. The molecular weight excluding hydrogens is 254 g/mol. The molecule has 0 saturated carbocycles. The minimum Gasteiger partial charge on any atom is -0.279 e. The first kappa shape index (κ1) is 12.1. The van der Waals surface area contributed by atoms with E-state index in [-0.39, 0.29) is 11.7 Å². The number of benzene rings is 1. The number of nitrogens with zero attached hydrogens (tertiary/aromatic N) is 2. The molecule has 0 saturated heterocycles. The van der Waals surface area contributed by atoms with Crippen LogP contribution in [-0.2, 0) is 6.54 Å². The van der Waals surface area contributed by atoms with Gasteiger partial charge in [0.2, 0.25) is 0 Å². The average Bonchev–Trinajstić information content (AvgIpc) is 2.34. The Labute approximate surface area is 107 Å². The normalized spacial score (nSPS) is 10.0. The third-order valence-electron chi connectivity index (χ3n) is 2.45. The van der Waals surface area contributed by atoms with E-state index in [1.165, 1.54) is 4.57 Å². The second-order valence-electron chi connectivity index (χ2n) is 3.62.